The summed E-state index contributed by atoms with van der Waals surface area (Å²) < 4.78 is 33.4. The molecular weight excluding hydrogens is 426 g/mol. The third kappa shape index (κ3) is 4.85. The van der Waals surface area contributed by atoms with Crippen LogP contribution in [0.4, 0.5) is 4.79 Å². The Hall–Kier alpha value is -2.74. The number of fused-ring (bicyclic) bond motifs is 1. The molecular formula is C24H29N3O4S. The Morgan fingerprint density at radius 2 is 2.00 bits per heavy atom. The summed E-state index contributed by atoms with van der Waals surface area (Å²) in [6, 6.07) is 4.04. The Morgan fingerprint density at radius 1 is 1.25 bits per heavy atom. The van der Waals surface area contributed by atoms with E-state index in [1.54, 1.807) is 39.2 Å². The molecule has 32 heavy (non-hydrogen) atoms. The van der Waals surface area contributed by atoms with Gasteiger partial charge in [-0.1, -0.05) is 17.7 Å². The Morgan fingerprint density at radius 3 is 2.69 bits per heavy atom. The molecule has 4 rings (SSSR count). The van der Waals surface area contributed by atoms with E-state index >= 15 is 0 Å². The van der Waals surface area contributed by atoms with Gasteiger partial charge in [-0.25, -0.2) is 27.9 Å². The molecule has 8 heteroatoms. The minimum Gasteiger partial charge on any atom is -0.443 e. The van der Waals surface area contributed by atoms with Gasteiger partial charge in [0, 0.05) is 23.4 Å². The predicted octanol–water partition coefficient (Wildman–Crippen LogP) is 4.98. The average molecular weight is 456 g/mol. The molecule has 1 spiro atoms. The first-order valence-electron chi connectivity index (χ1n) is 10.8. The standard InChI is InChI=1S/C24H29N3O4S/c1-16-12-18(19-8-11-25-21(19)26-15-16)13-17-6-5-7-20(24(14-17)9-10-24)32(29,30)27-22(28)31-23(2,3)4/h7-8,11-13,15H,5-6,9-10,14H2,1-4H3,(H,27,28)/b17-13+. The minimum absolute atomic E-state index is 0.316. The second kappa shape index (κ2) is 7.99. The van der Waals surface area contributed by atoms with Gasteiger partial charge in [-0.2, -0.15) is 0 Å². The van der Waals surface area contributed by atoms with Crippen molar-refractivity contribution >= 4 is 22.2 Å². The van der Waals surface area contributed by atoms with Gasteiger partial charge in [0.05, 0.1) is 4.91 Å². The molecule has 0 aromatic rings. The van der Waals surface area contributed by atoms with Gasteiger partial charge in [0.1, 0.15) is 5.60 Å². The molecule has 1 fully saturated rings. The summed E-state index contributed by atoms with van der Waals surface area (Å²) in [5, 5.41) is 0. The molecule has 0 bridgehead atoms. The van der Waals surface area contributed by atoms with Crippen LogP contribution in [0.5, 0.6) is 0 Å². The second-order valence-electron chi connectivity index (χ2n) is 9.76. The number of allylic oxidation sites excluding steroid dienone is 3. The van der Waals surface area contributed by atoms with Crippen molar-refractivity contribution in [2.24, 2.45) is 5.41 Å². The van der Waals surface area contributed by atoms with E-state index < -0.39 is 27.1 Å². The molecule has 2 aliphatic carbocycles. The van der Waals surface area contributed by atoms with Gasteiger partial charge >= 0.3 is 6.09 Å². The van der Waals surface area contributed by atoms with E-state index in [0.717, 1.165) is 36.0 Å². The quantitative estimate of drug-likeness (QED) is 0.701. The molecule has 7 nitrogen and oxygen atoms in total. The van der Waals surface area contributed by atoms with Gasteiger partial charge in [-0.05, 0) is 83.1 Å². The number of ether oxygens (including phenoxy) is 1. The van der Waals surface area contributed by atoms with Crippen molar-refractivity contribution in [2.75, 3.05) is 0 Å². The summed E-state index contributed by atoms with van der Waals surface area (Å²) in [5.74, 6) is 0.697. The van der Waals surface area contributed by atoms with Crippen LogP contribution in [-0.4, -0.2) is 30.1 Å². The monoisotopic (exact) mass is 455 g/mol. The highest BCUT2D eigenvalue weighted by Gasteiger charge is 2.52. The zero-order valence-electron chi connectivity index (χ0n) is 18.9. The number of carbonyl (C=O) groups excluding carboxylic acids is 1. The topological polar surface area (TPSA) is 98.3 Å². The van der Waals surface area contributed by atoms with E-state index in [1.165, 1.54) is 5.57 Å². The highest BCUT2D eigenvalue weighted by atomic mass is 32.2. The van der Waals surface area contributed by atoms with E-state index in [0.29, 0.717) is 23.6 Å². The molecule has 1 saturated carbocycles. The molecule has 2 aliphatic heterocycles. The van der Waals surface area contributed by atoms with Crippen molar-refractivity contribution in [1.29, 1.82) is 0 Å². The van der Waals surface area contributed by atoms with Crippen LogP contribution >= 0.6 is 0 Å². The van der Waals surface area contributed by atoms with Crippen molar-refractivity contribution < 1.29 is 17.9 Å². The van der Waals surface area contributed by atoms with E-state index in [4.69, 9.17) is 4.74 Å². The van der Waals surface area contributed by atoms with Gasteiger partial charge in [-0.3, -0.25) is 0 Å². The Labute approximate surface area is 189 Å². The SMILES string of the molecule is Cc1cnc2nccc-2c(/C=C2\CCC=C(S(=O)(=O)NC(=O)OC(C)(C)C)C3(CC3)C2)c1. The van der Waals surface area contributed by atoms with E-state index in [-0.39, 0.29) is 0 Å². The number of rotatable bonds is 3. The van der Waals surface area contributed by atoms with Crippen LogP contribution < -0.4 is 4.72 Å². The lowest BCUT2D eigenvalue weighted by atomic mass is 9.94. The number of hydrogen-bond donors (Lipinski definition) is 1. The third-order valence-corrected chi connectivity index (χ3v) is 7.38. The van der Waals surface area contributed by atoms with Gasteiger partial charge in [0.15, 0.2) is 5.82 Å². The van der Waals surface area contributed by atoms with Crippen LogP contribution in [0.25, 0.3) is 17.5 Å². The third-order valence-electron chi connectivity index (χ3n) is 5.77. The number of carbonyl (C=O) groups is 1. The number of nitrogens with one attached hydrogen (secondary N) is 1. The zero-order chi connectivity index (χ0) is 23.1. The Bertz CT molecular complexity index is 1190. The molecule has 0 aromatic heterocycles. The molecule has 0 aromatic carbocycles. The van der Waals surface area contributed by atoms with Gasteiger partial charge < -0.3 is 4.74 Å². The number of hydrogen-bond acceptors (Lipinski definition) is 6. The Balaban J connectivity index is 1.60. The summed E-state index contributed by atoms with van der Waals surface area (Å²) in [5.41, 5.74) is 3.01. The first-order chi connectivity index (χ1) is 15.0. The number of nitrogens with zero attached hydrogens (tertiary/aromatic N) is 2. The van der Waals surface area contributed by atoms with Crippen LogP contribution in [0.1, 0.15) is 64.0 Å². The van der Waals surface area contributed by atoms with Crippen molar-refractivity contribution in [2.45, 2.75) is 65.4 Å². The van der Waals surface area contributed by atoms with Crippen LogP contribution in [0.15, 0.2) is 41.1 Å². The lowest BCUT2D eigenvalue weighted by molar-refractivity contribution is 0.0570. The Kier molecular flexibility index (Phi) is 5.61. The molecule has 0 atom stereocenters. The summed E-state index contributed by atoms with van der Waals surface area (Å²) in [6.45, 7) is 7.09. The summed E-state index contributed by atoms with van der Waals surface area (Å²) in [4.78, 5) is 21.2. The number of aromatic nitrogens is 2. The van der Waals surface area contributed by atoms with Crippen molar-refractivity contribution in [3.05, 3.63) is 52.2 Å². The molecule has 0 radical (unpaired) electrons. The van der Waals surface area contributed by atoms with Gasteiger partial charge in [0.25, 0.3) is 10.0 Å². The second-order valence-corrected chi connectivity index (χ2v) is 11.4. The first kappa shape index (κ1) is 22.5. The molecule has 170 valence electrons. The fourth-order valence-electron chi connectivity index (χ4n) is 4.29. The molecule has 0 saturated heterocycles. The van der Waals surface area contributed by atoms with Crippen LogP contribution in [-0.2, 0) is 14.8 Å². The maximum Gasteiger partial charge on any atom is 0.421 e. The van der Waals surface area contributed by atoms with Crippen LogP contribution in [0.3, 0.4) is 0 Å². The maximum absolute atomic E-state index is 13.1. The fourth-order valence-corrected chi connectivity index (χ4v) is 5.84. The number of amides is 1. The number of aryl methyl sites for hydroxylation is 1. The van der Waals surface area contributed by atoms with E-state index in [1.807, 2.05) is 13.0 Å². The van der Waals surface area contributed by atoms with E-state index in [2.05, 4.69) is 26.8 Å². The predicted molar refractivity (Wildman–Crippen MR) is 123 cm³/mol. The maximum atomic E-state index is 13.1. The normalized spacial score (nSPS) is 19.5. The van der Waals surface area contributed by atoms with Crippen molar-refractivity contribution in [1.82, 2.24) is 14.7 Å². The van der Waals surface area contributed by atoms with Crippen LogP contribution in [0, 0.1) is 12.3 Å². The highest BCUT2D eigenvalue weighted by Crippen LogP contribution is 2.59. The molecule has 1 amide bonds. The molecule has 1 N–H and O–H groups in total. The molecule has 0 unspecified atom stereocenters. The number of sulfonamides is 1. The molecule has 2 heterocycles. The average Bonchev–Trinajstić information content (AvgIpc) is 3.34. The minimum atomic E-state index is -3.97. The summed E-state index contributed by atoms with van der Waals surface area (Å²) in [6.07, 6.45) is 10.1. The largest absolute Gasteiger partial charge is 0.443 e. The fraction of sp³-hybridized carbons (Fsp3) is 0.458. The van der Waals surface area contributed by atoms with Crippen molar-refractivity contribution in [3.63, 3.8) is 0 Å². The van der Waals surface area contributed by atoms with Crippen LogP contribution in [0.2, 0.25) is 0 Å². The summed E-state index contributed by atoms with van der Waals surface area (Å²) in [7, 11) is -3.97. The van der Waals surface area contributed by atoms with Gasteiger partial charge in [0.2, 0.25) is 0 Å². The first-order valence-corrected chi connectivity index (χ1v) is 12.3. The van der Waals surface area contributed by atoms with Gasteiger partial charge in [-0.15, -0.1) is 0 Å². The highest BCUT2D eigenvalue weighted by molar-refractivity contribution is 7.94. The smallest absolute Gasteiger partial charge is 0.421 e. The lowest BCUT2D eigenvalue weighted by Crippen LogP contribution is -2.38. The van der Waals surface area contributed by atoms with Crippen molar-refractivity contribution in [3.8, 4) is 11.4 Å². The lowest BCUT2D eigenvalue weighted by Gasteiger charge is -2.22. The van der Waals surface area contributed by atoms with E-state index in [9.17, 15) is 13.2 Å². The summed E-state index contributed by atoms with van der Waals surface area (Å²) >= 11 is 0. The zero-order valence-corrected chi connectivity index (χ0v) is 19.8. The molecule has 4 aliphatic rings.